The van der Waals surface area contributed by atoms with Crippen LogP contribution in [0, 0.1) is 10.1 Å². The first-order valence-electron chi connectivity index (χ1n) is 9.11. The number of anilines is 2. The number of nitrogens with zero attached hydrogens (tertiary/aromatic N) is 4. The van der Waals surface area contributed by atoms with Crippen LogP contribution in [0.15, 0.2) is 73.1 Å². The zero-order chi connectivity index (χ0) is 20.1. The highest BCUT2D eigenvalue weighted by molar-refractivity contribution is 5.90. The van der Waals surface area contributed by atoms with E-state index in [-0.39, 0.29) is 5.69 Å². The second kappa shape index (κ2) is 8.30. The van der Waals surface area contributed by atoms with Crippen molar-refractivity contribution in [1.29, 1.82) is 0 Å². The number of nitro benzene ring substituents is 1. The first-order valence-corrected chi connectivity index (χ1v) is 9.11. The van der Waals surface area contributed by atoms with Gasteiger partial charge in [0.1, 0.15) is 11.5 Å². The summed E-state index contributed by atoms with van der Waals surface area (Å²) < 4.78 is 0. The van der Waals surface area contributed by atoms with Gasteiger partial charge >= 0.3 is 0 Å². The van der Waals surface area contributed by atoms with Crippen LogP contribution in [0.2, 0.25) is 0 Å². The van der Waals surface area contributed by atoms with Gasteiger partial charge in [0.15, 0.2) is 5.82 Å². The molecule has 0 unspecified atom stereocenters. The third kappa shape index (κ3) is 4.11. The number of benzene rings is 2. The maximum Gasteiger partial charge on any atom is 0.292 e. The van der Waals surface area contributed by atoms with E-state index >= 15 is 0 Å². The molecule has 0 aliphatic rings. The van der Waals surface area contributed by atoms with Gasteiger partial charge in [0.05, 0.1) is 10.4 Å². The Hall–Kier alpha value is -4.07. The van der Waals surface area contributed by atoms with Crippen LogP contribution in [0.4, 0.5) is 17.2 Å². The molecule has 144 valence electrons. The molecular formula is C21H18N6O2. The molecule has 8 nitrogen and oxygen atoms in total. The molecule has 0 saturated heterocycles. The van der Waals surface area contributed by atoms with Crippen LogP contribution in [0.25, 0.3) is 22.3 Å². The number of hydrogen-bond acceptors (Lipinski definition) is 7. The minimum absolute atomic E-state index is 0.0545. The Morgan fingerprint density at radius 1 is 0.897 bits per heavy atom. The summed E-state index contributed by atoms with van der Waals surface area (Å²) in [4.78, 5) is 24.2. The summed E-state index contributed by atoms with van der Waals surface area (Å²) in [6.07, 6.45) is 3.43. The topological polar surface area (TPSA) is 106 Å². The summed E-state index contributed by atoms with van der Waals surface area (Å²) >= 11 is 0. The smallest absolute Gasteiger partial charge is 0.292 e. The summed E-state index contributed by atoms with van der Waals surface area (Å²) in [5, 5.41) is 18.4. The Balaban J connectivity index is 1.53. The van der Waals surface area contributed by atoms with Crippen molar-refractivity contribution in [2.75, 3.05) is 23.7 Å². The third-order valence-corrected chi connectivity index (χ3v) is 4.36. The molecule has 0 spiro atoms. The van der Waals surface area contributed by atoms with Crippen LogP contribution >= 0.6 is 0 Å². The molecule has 0 aliphatic carbocycles. The quantitative estimate of drug-likeness (QED) is 0.279. The van der Waals surface area contributed by atoms with Crippen LogP contribution in [0.1, 0.15) is 0 Å². The van der Waals surface area contributed by atoms with E-state index in [0.29, 0.717) is 30.4 Å². The van der Waals surface area contributed by atoms with E-state index in [9.17, 15) is 10.1 Å². The average molecular weight is 386 g/mol. The van der Waals surface area contributed by atoms with Gasteiger partial charge in [0.2, 0.25) is 0 Å². The summed E-state index contributed by atoms with van der Waals surface area (Å²) in [7, 11) is 0. The molecule has 4 aromatic rings. The van der Waals surface area contributed by atoms with Gasteiger partial charge in [-0.3, -0.25) is 15.1 Å². The molecule has 2 aromatic heterocycles. The minimum atomic E-state index is -0.395. The number of nitro groups is 1. The standard InChI is InChI=1S/C21H18N6O2/c28-27(29)19-10-4-3-9-18(19)23-12-13-24-21-16-7-1-2-8-17(16)25-20(26-21)15-6-5-11-22-14-15/h1-11,14,23H,12-13H2,(H,24,25,26). The van der Waals surface area contributed by atoms with Crippen LogP contribution in [-0.4, -0.2) is 33.0 Å². The van der Waals surface area contributed by atoms with Gasteiger partial charge in [0, 0.05) is 42.5 Å². The van der Waals surface area contributed by atoms with Gasteiger partial charge < -0.3 is 10.6 Å². The van der Waals surface area contributed by atoms with Gasteiger partial charge in [-0.25, -0.2) is 9.97 Å². The maximum atomic E-state index is 11.1. The fraction of sp³-hybridized carbons (Fsp3) is 0.0952. The Bertz CT molecular complexity index is 1150. The van der Waals surface area contributed by atoms with E-state index in [0.717, 1.165) is 16.5 Å². The molecule has 0 aliphatic heterocycles. The predicted molar refractivity (Wildman–Crippen MR) is 113 cm³/mol. The van der Waals surface area contributed by atoms with Crippen molar-refractivity contribution in [1.82, 2.24) is 15.0 Å². The Morgan fingerprint density at radius 3 is 2.52 bits per heavy atom. The van der Waals surface area contributed by atoms with E-state index in [1.807, 2.05) is 36.4 Å². The van der Waals surface area contributed by atoms with Gasteiger partial charge in [-0.05, 0) is 30.3 Å². The molecule has 8 heteroatoms. The molecule has 2 heterocycles. The van der Waals surface area contributed by atoms with Crippen LogP contribution < -0.4 is 10.6 Å². The van der Waals surface area contributed by atoms with Crippen LogP contribution in [0.3, 0.4) is 0 Å². The number of nitrogens with one attached hydrogen (secondary N) is 2. The second-order valence-electron chi connectivity index (χ2n) is 6.28. The SMILES string of the molecule is O=[N+]([O-])c1ccccc1NCCNc1nc(-c2cccnc2)nc2ccccc12. The Kier molecular flexibility index (Phi) is 5.24. The van der Waals surface area contributed by atoms with Crippen molar-refractivity contribution in [2.45, 2.75) is 0 Å². The van der Waals surface area contributed by atoms with Gasteiger partial charge in [-0.1, -0.05) is 24.3 Å². The highest BCUT2D eigenvalue weighted by Gasteiger charge is 2.12. The maximum absolute atomic E-state index is 11.1. The summed E-state index contributed by atoms with van der Waals surface area (Å²) in [6.45, 7) is 1.02. The summed E-state index contributed by atoms with van der Waals surface area (Å²) in [5.41, 5.74) is 2.21. The zero-order valence-electron chi connectivity index (χ0n) is 15.4. The highest BCUT2D eigenvalue weighted by Crippen LogP contribution is 2.25. The first kappa shape index (κ1) is 18.3. The van der Waals surface area contributed by atoms with Crippen LogP contribution in [0.5, 0.6) is 0 Å². The first-order chi connectivity index (χ1) is 14.2. The predicted octanol–water partition coefficient (Wildman–Crippen LogP) is 4.12. The number of hydrogen-bond donors (Lipinski definition) is 2. The van der Waals surface area contributed by atoms with E-state index in [1.165, 1.54) is 6.07 Å². The lowest BCUT2D eigenvalue weighted by molar-refractivity contribution is -0.384. The Morgan fingerprint density at radius 2 is 1.69 bits per heavy atom. The normalized spacial score (nSPS) is 10.6. The van der Waals surface area contributed by atoms with Crippen molar-refractivity contribution in [3.05, 3.63) is 83.2 Å². The van der Waals surface area contributed by atoms with Gasteiger partial charge in [-0.2, -0.15) is 0 Å². The summed E-state index contributed by atoms with van der Waals surface area (Å²) in [6, 6.07) is 18.1. The van der Waals surface area contributed by atoms with Crippen molar-refractivity contribution in [2.24, 2.45) is 0 Å². The largest absolute Gasteiger partial charge is 0.378 e. The molecular weight excluding hydrogens is 368 g/mol. The molecule has 0 atom stereocenters. The molecule has 0 amide bonds. The molecule has 0 bridgehead atoms. The number of pyridine rings is 1. The Labute approximate surface area is 166 Å². The lowest BCUT2D eigenvalue weighted by Crippen LogP contribution is -2.15. The molecule has 0 saturated carbocycles. The fourth-order valence-electron chi connectivity index (χ4n) is 3.00. The molecule has 2 aromatic carbocycles. The lowest BCUT2D eigenvalue weighted by atomic mass is 10.2. The van der Waals surface area contributed by atoms with Crippen molar-refractivity contribution in [3.8, 4) is 11.4 Å². The van der Waals surface area contributed by atoms with Crippen molar-refractivity contribution in [3.63, 3.8) is 0 Å². The second-order valence-corrected chi connectivity index (χ2v) is 6.28. The monoisotopic (exact) mass is 386 g/mol. The molecule has 2 N–H and O–H groups in total. The van der Waals surface area contributed by atoms with E-state index < -0.39 is 4.92 Å². The lowest BCUT2D eigenvalue weighted by Gasteiger charge is -2.12. The summed E-state index contributed by atoms with van der Waals surface area (Å²) in [5.74, 6) is 1.30. The fourth-order valence-corrected chi connectivity index (χ4v) is 3.00. The average Bonchev–Trinajstić information content (AvgIpc) is 2.77. The molecule has 0 fully saturated rings. The van der Waals surface area contributed by atoms with E-state index in [2.05, 4.69) is 25.6 Å². The van der Waals surface area contributed by atoms with E-state index in [4.69, 9.17) is 0 Å². The molecule has 29 heavy (non-hydrogen) atoms. The molecule has 4 rings (SSSR count). The minimum Gasteiger partial charge on any atom is -0.378 e. The zero-order valence-corrected chi connectivity index (χ0v) is 15.4. The molecule has 0 radical (unpaired) electrons. The van der Waals surface area contributed by atoms with Gasteiger partial charge in [0.25, 0.3) is 5.69 Å². The van der Waals surface area contributed by atoms with Crippen LogP contribution in [-0.2, 0) is 0 Å². The van der Waals surface area contributed by atoms with E-state index in [1.54, 1.807) is 30.6 Å². The number of fused-ring (bicyclic) bond motifs is 1. The van der Waals surface area contributed by atoms with Crippen molar-refractivity contribution >= 4 is 28.1 Å². The number of rotatable bonds is 7. The van der Waals surface area contributed by atoms with Gasteiger partial charge in [-0.15, -0.1) is 0 Å². The third-order valence-electron chi connectivity index (χ3n) is 4.36. The van der Waals surface area contributed by atoms with Crippen molar-refractivity contribution < 1.29 is 4.92 Å². The highest BCUT2D eigenvalue weighted by atomic mass is 16.6. The number of aromatic nitrogens is 3. The number of para-hydroxylation sites is 3.